The van der Waals surface area contributed by atoms with Crippen LogP contribution >= 0.6 is 11.6 Å². The van der Waals surface area contributed by atoms with Gasteiger partial charge in [-0.05, 0) is 30.3 Å². The maximum absolute atomic E-state index is 13.9. The van der Waals surface area contributed by atoms with Crippen LogP contribution in [-0.2, 0) is 9.59 Å². The van der Waals surface area contributed by atoms with E-state index in [9.17, 15) is 14.0 Å². The number of anilines is 2. The lowest BCUT2D eigenvalue weighted by atomic mass is 10.1. The van der Waals surface area contributed by atoms with Gasteiger partial charge >= 0.3 is 0 Å². The number of rotatable bonds is 5. The molecule has 0 aromatic heterocycles. The van der Waals surface area contributed by atoms with Crippen LogP contribution in [0.5, 0.6) is 11.5 Å². The number of amides is 2. The monoisotopic (exact) mass is 392 g/mol. The van der Waals surface area contributed by atoms with Crippen LogP contribution in [0.3, 0.4) is 0 Å². The van der Waals surface area contributed by atoms with Crippen LogP contribution in [-0.4, -0.2) is 32.6 Å². The van der Waals surface area contributed by atoms with Crippen LogP contribution in [0, 0.1) is 11.7 Å². The molecule has 3 rings (SSSR count). The first kappa shape index (κ1) is 19.0. The van der Waals surface area contributed by atoms with Gasteiger partial charge in [-0.3, -0.25) is 9.59 Å². The van der Waals surface area contributed by atoms with E-state index in [0.29, 0.717) is 17.2 Å². The molecule has 1 N–H and O–H groups in total. The first-order chi connectivity index (χ1) is 12.9. The first-order valence-corrected chi connectivity index (χ1v) is 8.59. The highest BCUT2D eigenvalue weighted by atomic mass is 35.5. The Morgan fingerprint density at radius 1 is 1.19 bits per heavy atom. The molecular formula is C19H18ClFN2O4. The Labute approximate surface area is 160 Å². The molecule has 1 heterocycles. The second-order valence-corrected chi connectivity index (χ2v) is 6.49. The molecular weight excluding hydrogens is 375 g/mol. The molecule has 27 heavy (non-hydrogen) atoms. The lowest BCUT2D eigenvalue weighted by Gasteiger charge is -2.18. The van der Waals surface area contributed by atoms with Crippen molar-refractivity contribution in [1.29, 1.82) is 0 Å². The third-order valence-electron chi connectivity index (χ3n) is 4.36. The minimum Gasteiger partial charge on any atom is -0.493 e. The second kappa shape index (κ2) is 7.84. The summed E-state index contributed by atoms with van der Waals surface area (Å²) >= 11 is 5.71. The van der Waals surface area contributed by atoms with E-state index < -0.39 is 17.6 Å². The fourth-order valence-electron chi connectivity index (χ4n) is 2.95. The SMILES string of the molecule is COc1ccc(N2CC(C(=O)Nc3ccc(Cl)cc3F)CC2=O)cc1OC. The van der Waals surface area contributed by atoms with Gasteiger partial charge in [0.25, 0.3) is 0 Å². The third-order valence-corrected chi connectivity index (χ3v) is 4.60. The molecule has 1 aliphatic rings. The van der Waals surface area contributed by atoms with Crippen molar-refractivity contribution in [2.45, 2.75) is 6.42 Å². The Balaban J connectivity index is 1.74. The summed E-state index contributed by atoms with van der Waals surface area (Å²) < 4.78 is 24.3. The minimum atomic E-state index is -0.628. The summed E-state index contributed by atoms with van der Waals surface area (Å²) in [5.74, 6) is -0.816. The number of nitrogens with zero attached hydrogens (tertiary/aromatic N) is 1. The summed E-state index contributed by atoms with van der Waals surface area (Å²) in [6.45, 7) is 0.190. The van der Waals surface area contributed by atoms with Crippen molar-refractivity contribution >= 4 is 34.8 Å². The third kappa shape index (κ3) is 3.98. The molecule has 1 unspecified atom stereocenters. The van der Waals surface area contributed by atoms with Gasteiger partial charge in [0.1, 0.15) is 5.82 Å². The van der Waals surface area contributed by atoms with Gasteiger partial charge in [0.2, 0.25) is 11.8 Å². The summed E-state index contributed by atoms with van der Waals surface area (Å²) in [4.78, 5) is 26.4. The van der Waals surface area contributed by atoms with Gasteiger partial charge < -0.3 is 19.7 Å². The summed E-state index contributed by atoms with van der Waals surface area (Å²) in [7, 11) is 3.03. The zero-order valence-electron chi connectivity index (χ0n) is 14.8. The van der Waals surface area contributed by atoms with Crippen molar-refractivity contribution in [3.05, 3.63) is 47.2 Å². The highest BCUT2D eigenvalue weighted by molar-refractivity contribution is 6.30. The number of hydrogen-bond acceptors (Lipinski definition) is 4. The molecule has 1 fully saturated rings. The minimum absolute atomic E-state index is 0.0291. The first-order valence-electron chi connectivity index (χ1n) is 8.21. The Morgan fingerprint density at radius 3 is 2.59 bits per heavy atom. The molecule has 0 saturated carbocycles. The second-order valence-electron chi connectivity index (χ2n) is 6.06. The van der Waals surface area contributed by atoms with Crippen molar-refractivity contribution in [2.75, 3.05) is 31.0 Å². The van der Waals surface area contributed by atoms with Crippen molar-refractivity contribution < 1.29 is 23.5 Å². The molecule has 0 spiro atoms. The van der Waals surface area contributed by atoms with E-state index in [-0.39, 0.29) is 29.6 Å². The molecule has 8 heteroatoms. The molecule has 142 valence electrons. The van der Waals surface area contributed by atoms with E-state index in [0.717, 1.165) is 6.07 Å². The number of methoxy groups -OCH3 is 2. The molecule has 1 aliphatic heterocycles. The van der Waals surface area contributed by atoms with E-state index in [1.165, 1.54) is 31.3 Å². The van der Waals surface area contributed by atoms with E-state index in [2.05, 4.69) is 5.32 Å². The lowest BCUT2D eigenvalue weighted by Crippen LogP contribution is -2.28. The Morgan fingerprint density at radius 2 is 1.93 bits per heavy atom. The lowest BCUT2D eigenvalue weighted by molar-refractivity contribution is -0.122. The van der Waals surface area contributed by atoms with Crippen LogP contribution in [0.25, 0.3) is 0 Å². The Kier molecular flexibility index (Phi) is 5.51. The predicted molar refractivity (Wildman–Crippen MR) is 100 cm³/mol. The summed E-state index contributed by atoms with van der Waals surface area (Å²) in [5.41, 5.74) is 0.632. The molecule has 0 radical (unpaired) electrons. The number of benzene rings is 2. The van der Waals surface area contributed by atoms with Gasteiger partial charge in [-0.25, -0.2) is 4.39 Å². The highest BCUT2D eigenvalue weighted by Gasteiger charge is 2.35. The fourth-order valence-corrected chi connectivity index (χ4v) is 3.11. The number of carbonyl (C=O) groups excluding carboxylic acids is 2. The highest BCUT2D eigenvalue weighted by Crippen LogP contribution is 2.34. The predicted octanol–water partition coefficient (Wildman–Crippen LogP) is 3.49. The molecule has 2 aromatic carbocycles. The van der Waals surface area contributed by atoms with Crippen molar-refractivity contribution in [2.24, 2.45) is 5.92 Å². The number of hydrogen-bond donors (Lipinski definition) is 1. The van der Waals surface area contributed by atoms with E-state index in [4.69, 9.17) is 21.1 Å². The average Bonchev–Trinajstić information content (AvgIpc) is 3.05. The van der Waals surface area contributed by atoms with Gasteiger partial charge in [0.05, 0.1) is 25.8 Å². The quantitative estimate of drug-likeness (QED) is 0.845. The topological polar surface area (TPSA) is 67.9 Å². The number of halogens is 2. The largest absolute Gasteiger partial charge is 0.493 e. The maximum Gasteiger partial charge on any atom is 0.229 e. The number of carbonyl (C=O) groups is 2. The van der Waals surface area contributed by atoms with Gasteiger partial charge in [0.15, 0.2) is 11.5 Å². The number of ether oxygens (including phenoxy) is 2. The molecule has 2 amide bonds. The van der Waals surface area contributed by atoms with Crippen LogP contribution in [0.4, 0.5) is 15.8 Å². The Bertz CT molecular complexity index is 890. The molecule has 0 bridgehead atoms. The summed E-state index contributed by atoms with van der Waals surface area (Å²) in [5, 5.41) is 2.75. The van der Waals surface area contributed by atoms with E-state index in [1.807, 2.05) is 0 Å². The molecule has 6 nitrogen and oxygen atoms in total. The van der Waals surface area contributed by atoms with Crippen LogP contribution in [0.15, 0.2) is 36.4 Å². The summed E-state index contributed by atoms with van der Waals surface area (Å²) in [6.07, 6.45) is 0.0371. The van der Waals surface area contributed by atoms with Gasteiger partial charge in [-0.15, -0.1) is 0 Å². The van der Waals surface area contributed by atoms with Gasteiger partial charge in [-0.1, -0.05) is 11.6 Å². The smallest absolute Gasteiger partial charge is 0.229 e. The Hall–Kier alpha value is -2.80. The average molecular weight is 393 g/mol. The number of nitrogens with one attached hydrogen (secondary N) is 1. The van der Waals surface area contributed by atoms with Crippen molar-refractivity contribution in [1.82, 2.24) is 0 Å². The van der Waals surface area contributed by atoms with Crippen LogP contribution in [0.1, 0.15) is 6.42 Å². The molecule has 0 aliphatic carbocycles. The van der Waals surface area contributed by atoms with Gasteiger partial charge in [0, 0.05) is 29.7 Å². The molecule has 1 atom stereocenters. The van der Waals surface area contributed by atoms with Crippen LogP contribution in [0.2, 0.25) is 5.02 Å². The van der Waals surface area contributed by atoms with Crippen molar-refractivity contribution in [3.8, 4) is 11.5 Å². The standard InChI is InChI=1S/C19H18ClFN2O4/c1-26-16-6-4-13(9-17(16)27-2)23-10-11(7-18(23)24)19(25)22-15-5-3-12(20)8-14(15)21/h3-6,8-9,11H,7,10H2,1-2H3,(H,22,25). The summed E-state index contributed by atoms with van der Waals surface area (Å²) in [6, 6.07) is 9.08. The van der Waals surface area contributed by atoms with Gasteiger partial charge in [-0.2, -0.15) is 0 Å². The molecule has 2 aromatic rings. The van der Waals surface area contributed by atoms with E-state index >= 15 is 0 Å². The molecule has 1 saturated heterocycles. The van der Waals surface area contributed by atoms with Crippen molar-refractivity contribution in [3.63, 3.8) is 0 Å². The zero-order chi connectivity index (χ0) is 19.6. The fraction of sp³-hybridized carbons (Fsp3) is 0.263. The van der Waals surface area contributed by atoms with E-state index in [1.54, 1.807) is 18.2 Å². The maximum atomic E-state index is 13.9. The zero-order valence-corrected chi connectivity index (χ0v) is 15.5. The van der Waals surface area contributed by atoms with Crippen LogP contribution < -0.4 is 19.7 Å². The normalized spacial score (nSPS) is 16.4.